The average Bonchev–Trinajstić information content (AvgIpc) is 2.69. The van der Waals surface area contributed by atoms with Crippen molar-refractivity contribution in [2.75, 3.05) is 26.2 Å². The average molecular weight is 401 g/mol. The van der Waals surface area contributed by atoms with Gasteiger partial charge in [-0.25, -0.2) is 0 Å². The Bertz CT molecular complexity index is 801. The van der Waals surface area contributed by atoms with E-state index in [2.05, 4.69) is 36.2 Å². The van der Waals surface area contributed by atoms with Crippen LogP contribution in [0.2, 0.25) is 5.02 Å². The Hall–Kier alpha value is -2.04. The maximum atomic E-state index is 12.4. The van der Waals surface area contributed by atoms with E-state index in [1.54, 1.807) is 0 Å². The van der Waals surface area contributed by atoms with Crippen molar-refractivity contribution in [2.24, 2.45) is 5.92 Å². The highest BCUT2D eigenvalue weighted by Crippen LogP contribution is 2.21. The molecule has 28 heavy (non-hydrogen) atoms. The van der Waals surface area contributed by atoms with Gasteiger partial charge < -0.3 is 10.1 Å². The van der Waals surface area contributed by atoms with E-state index in [0.717, 1.165) is 48.8 Å². The van der Waals surface area contributed by atoms with Gasteiger partial charge in [-0.15, -0.1) is 0 Å². The zero-order chi connectivity index (χ0) is 19.9. The molecule has 2 aromatic rings. The van der Waals surface area contributed by atoms with Crippen molar-refractivity contribution in [1.29, 1.82) is 0 Å². The van der Waals surface area contributed by atoms with Crippen LogP contribution in [0.15, 0.2) is 42.5 Å². The van der Waals surface area contributed by atoms with Crippen LogP contribution >= 0.6 is 11.6 Å². The van der Waals surface area contributed by atoms with Gasteiger partial charge in [-0.05, 0) is 74.7 Å². The van der Waals surface area contributed by atoms with E-state index in [1.807, 2.05) is 30.3 Å². The molecule has 1 heterocycles. The summed E-state index contributed by atoms with van der Waals surface area (Å²) in [6, 6.07) is 14.0. The number of aryl methyl sites for hydroxylation is 1. The fourth-order valence-electron chi connectivity index (χ4n) is 3.61. The van der Waals surface area contributed by atoms with Crippen LogP contribution in [-0.4, -0.2) is 37.0 Å². The van der Waals surface area contributed by atoms with Crippen LogP contribution in [0.25, 0.3) is 0 Å². The molecule has 0 saturated carbocycles. The number of hydrogen-bond donors (Lipinski definition) is 1. The first-order valence-electron chi connectivity index (χ1n) is 9.96. The van der Waals surface area contributed by atoms with Gasteiger partial charge in [-0.2, -0.15) is 0 Å². The molecule has 1 N–H and O–H groups in total. The molecule has 150 valence electrons. The molecule has 0 aromatic heterocycles. The Morgan fingerprint density at radius 3 is 2.68 bits per heavy atom. The molecule has 0 spiro atoms. The van der Waals surface area contributed by atoms with Gasteiger partial charge in [0.25, 0.3) is 0 Å². The van der Waals surface area contributed by atoms with E-state index >= 15 is 0 Å². The molecule has 2 aromatic carbocycles. The normalized spacial score (nSPS) is 15.4. The fourth-order valence-corrected chi connectivity index (χ4v) is 3.82. The van der Waals surface area contributed by atoms with Gasteiger partial charge in [0, 0.05) is 17.5 Å². The van der Waals surface area contributed by atoms with Crippen LogP contribution < -0.4 is 10.1 Å². The molecule has 1 amide bonds. The Kier molecular flexibility index (Phi) is 7.35. The Labute approximate surface area is 172 Å². The summed E-state index contributed by atoms with van der Waals surface area (Å²) in [5.41, 5.74) is 3.59. The van der Waals surface area contributed by atoms with Gasteiger partial charge in [-0.3, -0.25) is 9.69 Å². The third-order valence-corrected chi connectivity index (χ3v) is 5.70. The molecule has 4 nitrogen and oxygen atoms in total. The number of ether oxygens (including phenoxy) is 1. The Morgan fingerprint density at radius 1 is 1.18 bits per heavy atom. The summed E-state index contributed by atoms with van der Waals surface area (Å²) in [6.07, 6.45) is 1.79. The van der Waals surface area contributed by atoms with E-state index in [-0.39, 0.29) is 11.8 Å². The van der Waals surface area contributed by atoms with E-state index in [1.165, 1.54) is 11.1 Å². The molecule has 0 bridgehead atoms. The number of carbonyl (C=O) groups excluding carboxylic acids is 1. The van der Waals surface area contributed by atoms with Gasteiger partial charge in [0.1, 0.15) is 12.4 Å². The van der Waals surface area contributed by atoms with Crippen LogP contribution in [0.4, 0.5) is 0 Å². The first-order chi connectivity index (χ1) is 13.5. The number of amides is 1. The molecule has 0 radical (unpaired) electrons. The quantitative estimate of drug-likeness (QED) is 0.702. The van der Waals surface area contributed by atoms with Crippen molar-refractivity contribution in [1.82, 2.24) is 10.2 Å². The van der Waals surface area contributed by atoms with Crippen LogP contribution in [0.5, 0.6) is 5.75 Å². The van der Waals surface area contributed by atoms with Crippen LogP contribution in [-0.2, 0) is 11.3 Å². The largest absolute Gasteiger partial charge is 0.491 e. The minimum atomic E-state index is 0.0938. The zero-order valence-electron chi connectivity index (χ0n) is 16.7. The third-order valence-electron chi connectivity index (χ3n) is 5.47. The van der Waals surface area contributed by atoms with E-state index in [4.69, 9.17) is 16.3 Å². The van der Waals surface area contributed by atoms with Crippen molar-refractivity contribution in [3.05, 3.63) is 64.2 Å². The number of benzene rings is 2. The van der Waals surface area contributed by atoms with Gasteiger partial charge in [0.2, 0.25) is 5.91 Å². The fraction of sp³-hybridized carbons (Fsp3) is 0.435. The predicted molar refractivity (Wildman–Crippen MR) is 114 cm³/mol. The number of piperidine rings is 1. The lowest BCUT2D eigenvalue weighted by Crippen LogP contribution is -2.41. The van der Waals surface area contributed by atoms with Gasteiger partial charge in [-0.1, -0.05) is 35.9 Å². The SMILES string of the molecule is Cc1cccc(OCCNC(=O)C2CCN(Cc3cccc(Cl)c3)CC2)c1C. The summed E-state index contributed by atoms with van der Waals surface area (Å²) in [4.78, 5) is 14.8. The van der Waals surface area contributed by atoms with Gasteiger partial charge in [0.15, 0.2) is 0 Å². The number of rotatable bonds is 7. The molecule has 1 fully saturated rings. The molecule has 1 aliphatic heterocycles. The van der Waals surface area contributed by atoms with Crippen LogP contribution in [0, 0.1) is 19.8 Å². The smallest absolute Gasteiger partial charge is 0.223 e. The lowest BCUT2D eigenvalue weighted by atomic mass is 9.95. The second-order valence-electron chi connectivity index (χ2n) is 7.52. The molecule has 0 atom stereocenters. The van der Waals surface area contributed by atoms with Gasteiger partial charge in [0.05, 0.1) is 6.54 Å². The van der Waals surface area contributed by atoms with Crippen molar-refractivity contribution in [3.8, 4) is 5.75 Å². The molecule has 0 aliphatic carbocycles. The summed E-state index contributed by atoms with van der Waals surface area (Å²) in [5, 5.41) is 3.80. The number of halogens is 1. The summed E-state index contributed by atoms with van der Waals surface area (Å²) in [6.45, 7) is 7.91. The monoisotopic (exact) mass is 400 g/mol. The number of nitrogens with one attached hydrogen (secondary N) is 1. The summed E-state index contributed by atoms with van der Waals surface area (Å²) in [7, 11) is 0. The molecule has 3 rings (SSSR count). The van der Waals surface area contributed by atoms with E-state index in [0.29, 0.717) is 13.2 Å². The predicted octanol–water partition coefficient (Wildman–Crippen LogP) is 4.36. The minimum Gasteiger partial charge on any atom is -0.491 e. The number of likely N-dealkylation sites (tertiary alicyclic amines) is 1. The minimum absolute atomic E-state index is 0.0938. The molecule has 1 saturated heterocycles. The topological polar surface area (TPSA) is 41.6 Å². The Morgan fingerprint density at radius 2 is 1.93 bits per heavy atom. The molecular formula is C23H29ClN2O2. The maximum Gasteiger partial charge on any atom is 0.223 e. The van der Waals surface area contributed by atoms with Gasteiger partial charge >= 0.3 is 0 Å². The molecular weight excluding hydrogens is 372 g/mol. The number of carbonyl (C=O) groups is 1. The molecule has 5 heteroatoms. The standard InChI is InChI=1S/C23H29ClN2O2/c1-17-5-3-8-22(18(17)2)28-14-11-25-23(27)20-9-12-26(13-10-20)16-19-6-4-7-21(24)15-19/h3-8,15,20H,9-14,16H2,1-2H3,(H,25,27). The zero-order valence-corrected chi connectivity index (χ0v) is 17.5. The maximum absolute atomic E-state index is 12.4. The summed E-state index contributed by atoms with van der Waals surface area (Å²) < 4.78 is 5.81. The number of hydrogen-bond acceptors (Lipinski definition) is 3. The van der Waals surface area contributed by atoms with Crippen molar-refractivity contribution in [2.45, 2.75) is 33.2 Å². The van der Waals surface area contributed by atoms with Crippen LogP contribution in [0.3, 0.4) is 0 Å². The first-order valence-corrected chi connectivity index (χ1v) is 10.3. The van der Waals surface area contributed by atoms with Crippen molar-refractivity contribution < 1.29 is 9.53 Å². The molecule has 1 aliphatic rings. The lowest BCUT2D eigenvalue weighted by Gasteiger charge is -2.31. The number of nitrogens with zero attached hydrogens (tertiary/aromatic N) is 1. The van der Waals surface area contributed by atoms with Crippen LogP contribution in [0.1, 0.15) is 29.5 Å². The first kappa shape index (κ1) is 20.7. The summed E-state index contributed by atoms with van der Waals surface area (Å²) >= 11 is 6.06. The molecule has 0 unspecified atom stereocenters. The third kappa shape index (κ3) is 5.73. The highest BCUT2D eigenvalue weighted by molar-refractivity contribution is 6.30. The second-order valence-corrected chi connectivity index (χ2v) is 7.95. The Balaban J connectivity index is 1.36. The van der Waals surface area contributed by atoms with Crippen molar-refractivity contribution in [3.63, 3.8) is 0 Å². The van der Waals surface area contributed by atoms with E-state index in [9.17, 15) is 4.79 Å². The van der Waals surface area contributed by atoms with Crippen molar-refractivity contribution >= 4 is 17.5 Å². The van der Waals surface area contributed by atoms with E-state index < -0.39 is 0 Å². The highest BCUT2D eigenvalue weighted by atomic mass is 35.5. The summed E-state index contributed by atoms with van der Waals surface area (Å²) in [5.74, 6) is 1.13. The lowest BCUT2D eigenvalue weighted by molar-refractivity contribution is -0.126. The highest BCUT2D eigenvalue weighted by Gasteiger charge is 2.24. The second kappa shape index (κ2) is 9.94.